The Balaban J connectivity index is 1.65. The predicted molar refractivity (Wildman–Crippen MR) is 81.1 cm³/mol. The summed E-state index contributed by atoms with van der Waals surface area (Å²) >= 11 is 0. The summed E-state index contributed by atoms with van der Waals surface area (Å²) in [5, 5.41) is 0. The van der Waals surface area contributed by atoms with Crippen molar-refractivity contribution in [2.75, 3.05) is 33.9 Å². The standard InChI is InChI=1S/C16H22N2O5/c1-10-4-13(23-8-10)15(19)17-6-12-5-11(17)7-18(12)16(20)14(22-3)9-21-2/h4,8,11-12,14H,5-7,9H2,1-3H3/t11-,12-,14?/m0/s1. The van der Waals surface area contributed by atoms with Gasteiger partial charge in [-0.3, -0.25) is 9.59 Å². The maximum Gasteiger partial charge on any atom is 0.289 e. The summed E-state index contributed by atoms with van der Waals surface area (Å²) in [6.07, 6.45) is 1.79. The molecule has 2 aliphatic heterocycles. The molecule has 7 heteroatoms. The third-order valence-electron chi connectivity index (χ3n) is 4.60. The molecule has 23 heavy (non-hydrogen) atoms. The topological polar surface area (TPSA) is 72.2 Å². The summed E-state index contributed by atoms with van der Waals surface area (Å²) in [6, 6.07) is 1.83. The fraction of sp³-hybridized carbons (Fsp3) is 0.625. The maximum atomic E-state index is 12.5. The number of amides is 2. The van der Waals surface area contributed by atoms with Gasteiger partial charge in [-0.05, 0) is 25.0 Å². The van der Waals surface area contributed by atoms with Crippen molar-refractivity contribution in [3.05, 3.63) is 23.7 Å². The highest BCUT2D eigenvalue weighted by molar-refractivity contribution is 5.92. The zero-order chi connectivity index (χ0) is 16.6. The number of piperazine rings is 1. The average molecular weight is 322 g/mol. The van der Waals surface area contributed by atoms with Gasteiger partial charge in [0.15, 0.2) is 11.9 Å². The van der Waals surface area contributed by atoms with Crippen molar-refractivity contribution in [1.29, 1.82) is 0 Å². The highest BCUT2D eigenvalue weighted by Gasteiger charge is 2.48. The number of hydrogen-bond acceptors (Lipinski definition) is 5. The van der Waals surface area contributed by atoms with E-state index in [9.17, 15) is 9.59 Å². The van der Waals surface area contributed by atoms with Gasteiger partial charge in [-0.25, -0.2) is 0 Å². The molecule has 3 rings (SSSR count). The van der Waals surface area contributed by atoms with Gasteiger partial charge in [-0.15, -0.1) is 0 Å². The van der Waals surface area contributed by atoms with Crippen molar-refractivity contribution >= 4 is 11.8 Å². The Labute approximate surface area is 135 Å². The van der Waals surface area contributed by atoms with Gasteiger partial charge in [0.2, 0.25) is 0 Å². The SMILES string of the molecule is COCC(OC)C(=O)N1C[C@@H]2C[C@H]1CN2C(=O)c1cc(C)co1. The summed E-state index contributed by atoms with van der Waals surface area (Å²) in [5.74, 6) is 0.197. The first-order valence-corrected chi connectivity index (χ1v) is 7.73. The Morgan fingerprint density at radius 3 is 2.52 bits per heavy atom. The second-order valence-corrected chi connectivity index (χ2v) is 6.16. The molecule has 1 aromatic rings. The Bertz CT molecular complexity index is 599. The number of carbonyl (C=O) groups excluding carboxylic acids is 2. The monoisotopic (exact) mass is 322 g/mol. The number of ether oxygens (including phenoxy) is 2. The first-order valence-electron chi connectivity index (χ1n) is 7.73. The molecule has 3 atom stereocenters. The van der Waals surface area contributed by atoms with Crippen molar-refractivity contribution in [2.24, 2.45) is 0 Å². The molecule has 2 fully saturated rings. The number of carbonyl (C=O) groups is 2. The van der Waals surface area contributed by atoms with Gasteiger partial charge in [0, 0.05) is 27.3 Å². The Morgan fingerprint density at radius 1 is 1.30 bits per heavy atom. The van der Waals surface area contributed by atoms with E-state index in [2.05, 4.69) is 0 Å². The van der Waals surface area contributed by atoms with Crippen LogP contribution in [0, 0.1) is 6.92 Å². The number of rotatable bonds is 5. The van der Waals surface area contributed by atoms with Crippen LogP contribution in [-0.4, -0.2) is 73.7 Å². The van der Waals surface area contributed by atoms with Crippen LogP contribution in [0.1, 0.15) is 22.5 Å². The fourth-order valence-electron chi connectivity index (χ4n) is 3.45. The first-order chi connectivity index (χ1) is 11.0. The van der Waals surface area contributed by atoms with Crippen LogP contribution in [0.5, 0.6) is 0 Å². The lowest BCUT2D eigenvalue weighted by atomic mass is 10.2. The van der Waals surface area contributed by atoms with E-state index in [0.29, 0.717) is 18.8 Å². The minimum absolute atomic E-state index is 0.0434. The minimum atomic E-state index is -0.587. The van der Waals surface area contributed by atoms with E-state index in [0.717, 1.165) is 12.0 Å². The lowest BCUT2D eigenvalue weighted by Crippen LogP contribution is -2.53. The molecular formula is C16H22N2O5. The first kappa shape index (κ1) is 16.0. The Kier molecular flexibility index (Phi) is 4.41. The van der Waals surface area contributed by atoms with Crippen molar-refractivity contribution in [3.8, 4) is 0 Å². The number of likely N-dealkylation sites (tertiary alicyclic amines) is 2. The second kappa shape index (κ2) is 6.33. The molecular weight excluding hydrogens is 300 g/mol. The molecule has 0 saturated carbocycles. The number of hydrogen-bond donors (Lipinski definition) is 0. The quantitative estimate of drug-likeness (QED) is 0.797. The average Bonchev–Trinajstić information content (AvgIpc) is 3.26. The van der Waals surface area contributed by atoms with Gasteiger partial charge >= 0.3 is 0 Å². The summed E-state index contributed by atoms with van der Waals surface area (Å²) in [7, 11) is 3.05. The summed E-state index contributed by atoms with van der Waals surface area (Å²) in [4.78, 5) is 28.6. The molecule has 2 bridgehead atoms. The van der Waals surface area contributed by atoms with Crippen molar-refractivity contribution in [2.45, 2.75) is 31.5 Å². The van der Waals surface area contributed by atoms with E-state index in [-0.39, 0.29) is 30.5 Å². The van der Waals surface area contributed by atoms with E-state index in [1.54, 1.807) is 19.4 Å². The molecule has 1 aromatic heterocycles. The molecule has 2 aliphatic rings. The van der Waals surface area contributed by atoms with Gasteiger partial charge < -0.3 is 23.7 Å². The smallest absolute Gasteiger partial charge is 0.289 e. The number of methoxy groups -OCH3 is 2. The summed E-state index contributed by atoms with van der Waals surface area (Å²) < 4.78 is 15.5. The molecule has 0 N–H and O–H groups in total. The zero-order valence-corrected chi connectivity index (χ0v) is 13.7. The van der Waals surface area contributed by atoms with Gasteiger partial charge in [-0.1, -0.05) is 0 Å². The summed E-state index contributed by atoms with van der Waals surface area (Å²) in [5.41, 5.74) is 0.928. The lowest BCUT2D eigenvalue weighted by molar-refractivity contribution is -0.147. The molecule has 126 valence electrons. The van der Waals surface area contributed by atoms with Crippen LogP contribution in [0.2, 0.25) is 0 Å². The van der Waals surface area contributed by atoms with Gasteiger partial charge in [-0.2, -0.15) is 0 Å². The van der Waals surface area contributed by atoms with Crippen molar-refractivity contribution in [3.63, 3.8) is 0 Å². The Morgan fingerprint density at radius 2 is 2.00 bits per heavy atom. The minimum Gasteiger partial charge on any atom is -0.459 e. The fourth-order valence-corrected chi connectivity index (χ4v) is 3.45. The zero-order valence-electron chi connectivity index (χ0n) is 13.7. The number of aryl methyl sites for hydroxylation is 1. The Hall–Kier alpha value is -1.86. The van der Waals surface area contributed by atoms with E-state index in [1.165, 1.54) is 7.11 Å². The third kappa shape index (κ3) is 2.86. The molecule has 3 heterocycles. The molecule has 0 aromatic carbocycles. The van der Waals surface area contributed by atoms with Gasteiger partial charge in [0.1, 0.15) is 0 Å². The van der Waals surface area contributed by atoms with Crippen LogP contribution in [0.15, 0.2) is 16.7 Å². The maximum absolute atomic E-state index is 12.5. The van der Waals surface area contributed by atoms with Crippen LogP contribution < -0.4 is 0 Å². The van der Waals surface area contributed by atoms with Crippen LogP contribution in [0.3, 0.4) is 0 Å². The van der Waals surface area contributed by atoms with Crippen molar-refractivity contribution < 1.29 is 23.5 Å². The van der Waals surface area contributed by atoms with E-state index in [1.807, 2.05) is 16.7 Å². The van der Waals surface area contributed by atoms with E-state index >= 15 is 0 Å². The van der Waals surface area contributed by atoms with Crippen LogP contribution in [-0.2, 0) is 14.3 Å². The van der Waals surface area contributed by atoms with Crippen molar-refractivity contribution in [1.82, 2.24) is 9.80 Å². The van der Waals surface area contributed by atoms with Gasteiger partial charge in [0.05, 0.1) is 25.0 Å². The molecule has 1 unspecified atom stereocenters. The number of furan rings is 1. The molecule has 2 saturated heterocycles. The third-order valence-corrected chi connectivity index (χ3v) is 4.60. The van der Waals surface area contributed by atoms with Crippen LogP contribution in [0.4, 0.5) is 0 Å². The molecule has 0 radical (unpaired) electrons. The highest BCUT2D eigenvalue weighted by atomic mass is 16.5. The number of fused-ring (bicyclic) bond motifs is 2. The molecule has 7 nitrogen and oxygen atoms in total. The second-order valence-electron chi connectivity index (χ2n) is 6.16. The lowest BCUT2D eigenvalue weighted by Gasteiger charge is -2.35. The number of nitrogens with zero attached hydrogens (tertiary/aromatic N) is 2. The summed E-state index contributed by atoms with van der Waals surface area (Å²) in [6.45, 7) is 3.20. The molecule has 2 amide bonds. The van der Waals surface area contributed by atoms with E-state index in [4.69, 9.17) is 13.9 Å². The van der Waals surface area contributed by atoms with Crippen LogP contribution in [0.25, 0.3) is 0 Å². The van der Waals surface area contributed by atoms with Crippen LogP contribution >= 0.6 is 0 Å². The highest BCUT2D eigenvalue weighted by Crippen LogP contribution is 2.32. The normalized spacial score (nSPS) is 24.3. The van der Waals surface area contributed by atoms with Gasteiger partial charge in [0.25, 0.3) is 11.8 Å². The molecule has 0 aliphatic carbocycles. The molecule has 0 spiro atoms. The predicted octanol–water partition coefficient (Wildman–Crippen LogP) is 0.675. The largest absolute Gasteiger partial charge is 0.459 e. The van der Waals surface area contributed by atoms with E-state index < -0.39 is 6.10 Å².